The summed E-state index contributed by atoms with van der Waals surface area (Å²) in [5.41, 5.74) is 9.04. The van der Waals surface area contributed by atoms with Crippen LogP contribution in [-0.2, 0) is 0 Å². The number of benzene rings is 2. The number of rotatable bonds is 3. The number of aliphatic imine (C=N–C) groups is 1. The zero-order valence-corrected chi connectivity index (χ0v) is 12.2. The van der Waals surface area contributed by atoms with Gasteiger partial charge in [0.1, 0.15) is 0 Å². The normalized spacial score (nSPS) is 11.1. The molecule has 0 aliphatic carbocycles. The third-order valence-electron chi connectivity index (χ3n) is 3.34. The molecule has 1 heterocycles. The molecule has 0 amide bonds. The average Bonchev–Trinajstić information content (AvgIpc) is 2.81. The Kier molecular flexibility index (Phi) is 3.62. The second-order valence-electron chi connectivity index (χ2n) is 4.98. The van der Waals surface area contributed by atoms with Crippen LogP contribution in [0.4, 0.5) is 11.4 Å². The molecular formula is C17H16N4O. The van der Waals surface area contributed by atoms with E-state index in [0.717, 1.165) is 11.4 Å². The van der Waals surface area contributed by atoms with Crippen LogP contribution in [0.3, 0.4) is 0 Å². The fourth-order valence-corrected chi connectivity index (χ4v) is 2.21. The Morgan fingerprint density at radius 1 is 1.14 bits per heavy atom. The molecule has 3 rings (SSSR count). The van der Waals surface area contributed by atoms with Crippen LogP contribution in [0.15, 0.2) is 64.4 Å². The number of para-hydroxylation sites is 1. The van der Waals surface area contributed by atoms with Gasteiger partial charge in [-0.1, -0.05) is 24.3 Å². The molecule has 0 saturated carbocycles. The third kappa shape index (κ3) is 2.69. The maximum atomic E-state index is 12.5. The van der Waals surface area contributed by atoms with Crippen LogP contribution in [-0.4, -0.2) is 16.0 Å². The predicted octanol–water partition coefficient (Wildman–Crippen LogP) is 2.81. The van der Waals surface area contributed by atoms with Crippen LogP contribution in [0.2, 0.25) is 0 Å². The van der Waals surface area contributed by atoms with Gasteiger partial charge in [-0.05, 0) is 37.3 Å². The van der Waals surface area contributed by atoms with Gasteiger partial charge in [0, 0.05) is 17.6 Å². The SMILES string of the molecule is Cc1[nH]n(-c2ccccc2)c(=O)c1C=Nc1cccc(N)c1. The first kappa shape index (κ1) is 13.9. The summed E-state index contributed by atoms with van der Waals surface area (Å²) in [6, 6.07) is 16.6. The zero-order valence-electron chi connectivity index (χ0n) is 12.2. The van der Waals surface area contributed by atoms with Crippen molar-refractivity contribution in [3.63, 3.8) is 0 Å². The van der Waals surface area contributed by atoms with Crippen molar-refractivity contribution in [2.75, 3.05) is 5.73 Å². The Morgan fingerprint density at radius 3 is 2.64 bits per heavy atom. The highest BCUT2D eigenvalue weighted by Crippen LogP contribution is 2.15. The zero-order chi connectivity index (χ0) is 15.5. The molecule has 3 aromatic rings. The molecule has 0 saturated heterocycles. The lowest BCUT2D eigenvalue weighted by molar-refractivity contribution is 0.835. The molecule has 0 unspecified atom stereocenters. The summed E-state index contributed by atoms with van der Waals surface area (Å²) in [4.78, 5) is 16.8. The number of nitrogen functional groups attached to an aromatic ring is 1. The van der Waals surface area contributed by atoms with Gasteiger partial charge in [-0.3, -0.25) is 14.9 Å². The lowest BCUT2D eigenvalue weighted by Gasteiger charge is -1.99. The molecule has 3 N–H and O–H groups in total. The first-order valence-corrected chi connectivity index (χ1v) is 6.92. The highest BCUT2D eigenvalue weighted by molar-refractivity contribution is 5.83. The molecule has 0 fully saturated rings. The van der Waals surface area contributed by atoms with E-state index in [4.69, 9.17) is 5.73 Å². The number of H-pyrrole nitrogens is 1. The van der Waals surface area contributed by atoms with E-state index in [0.29, 0.717) is 16.9 Å². The van der Waals surface area contributed by atoms with Crippen molar-refractivity contribution >= 4 is 17.6 Å². The largest absolute Gasteiger partial charge is 0.399 e. The lowest BCUT2D eigenvalue weighted by Crippen LogP contribution is -2.17. The summed E-state index contributed by atoms with van der Waals surface area (Å²) >= 11 is 0. The molecule has 22 heavy (non-hydrogen) atoms. The monoisotopic (exact) mass is 292 g/mol. The molecule has 110 valence electrons. The summed E-state index contributed by atoms with van der Waals surface area (Å²) < 4.78 is 1.51. The van der Waals surface area contributed by atoms with Gasteiger partial charge in [-0.15, -0.1) is 0 Å². The molecule has 0 atom stereocenters. The highest BCUT2D eigenvalue weighted by atomic mass is 16.1. The molecular weight excluding hydrogens is 276 g/mol. The van der Waals surface area contributed by atoms with Gasteiger partial charge in [-0.2, -0.15) is 0 Å². The highest BCUT2D eigenvalue weighted by Gasteiger charge is 2.10. The predicted molar refractivity (Wildman–Crippen MR) is 89.2 cm³/mol. The van der Waals surface area contributed by atoms with E-state index in [2.05, 4.69) is 10.1 Å². The second kappa shape index (κ2) is 5.73. The Labute approximate surface area is 127 Å². The van der Waals surface area contributed by atoms with Gasteiger partial charge in [0.15, 0.2) is 0 Å². The molecule has 2 aromatic carbocycles. The Hall–Kier alpha value is -3.08. The van der Waals surface area contributed by atoms with E-state index in [-0.39, 0.29) is 5.56 Å². The Balaban J connectivity index is 1.99. The van der Waals surface area contributed by atoms with E-state index in [1.54, 1.807) is 18.3 Å². The first-order chi connectivity index (χ1) is 10.6. The number of hydrogen-bond donors (Lipinski definition) is 2. The average molecular weight is 292 g/mol. The number of aryl methyl sites for hydroxylation is 1. The van der Waals surface area contributed by atoms with Gasteiger partial charge in [0.05, 0.1) is 16.9 Å². The molecule has 0 spiro atoms. The lowest BCUT2D eigenvalue weighted by atomic mass is 10.2. The molecule has 0 bridgehead atoms. The standard InChI is InChI=1S/C17H16N4O/c1-12-16(11-19-14-7-5-6-13(18)10-14)17(22)21(20-12)15-8-3-2-4-9-15/h2-11,20H,18H2,1H3. The Bertz CT molecular complexity index is 875. The third-order valence-corrected chi connectivity index (χ3v) is 3.34. The summed E-state index contributed by atoms with van der Waals surface area (Å²) in [6.45, 7) is 1.85. The van der Waals surface area contributed by atoms with E-state index in [1.165, 1.54) is 4.68 Å². The van der Waals surface area contributed by atoms with E-state index in [1.807, 2.05) is 49.4 Å². The number of nitrogens with two attached hydrogens (primary N) is 1. The minimum absolute atomic E-state index is 0.128. The van der Waals surface area contributed by atoms with Crippen LogP contribution in [0.25, 0.3) is 5.69 Å². The number of nitrogens with zero attached hydrogens (tertiary/aromatic N) is 2. The fourth-order valence-electron chi connectivity index (χ4n) is 2.21. The van der Waals surface area contributed by atoms with Crippen molar-refractivity contribution in [1.82, 2.24) is 9.78 Å². The topological polar surface area (TPSA) is 76.2 Å². The van der Waals surface area contributed by atoms with E-state index >= 15 is 0 Å². The van der Waals surface area contributed by atoms with Crippen LogP contribution in [0.1, 0.15) is 11.3 Å². The van der Waals surface area contributed by atoms with Gasteiger partial charge in [0.2, 0.25) is 0 Å². The minimum Gasteiger partial charge on any atom is -0.399 e. The van der Waals surface area contributed by atoms with E-state index < -0.39 is 0 Å². The van der Waals surface area contributed by atoms with Crippen LogP contribution >= 0.6 is 0 Å². The number of aromatic nitrogens is 2. The van der Waals surface area contributed by atoms with Gasteiger partial charge in [-0.25, -0.2) is 4.68 Å². The van der Waals surface area contributed by atoms with Gasteiger partial charge in [0.25, 0.3) is 5.56 Å². The molecule has 5 nitrogen and oxygen atoms in total. The smallest absolute Gasteiger partial charge is 0.280 e. The number of hydrogen-bond acceptors (Lipinski definition) is 3. The van der Waals surface area contributed by atoms with Crippen LogP contribution in [0, 0.1) is 6.92 Å². The van der Waals surface area contributed by atoms with Crippen molar-refractivity contribution < 1.29 is 0 Å². The molecule has 1 aromatic heterocycles. The summed E-state index contributed by atoms with van der Waals surface area (Å²) in [5.74, 6) is 0. The quantitative estimate of drug-likeness (QED) is 0.575. The van der Waals surface area contributed by atoms with Crippen molar-refractivity contribution in [2.45, 2.75) is 6.92 Å². The van der Waals surface area contributed by atoms with Gasteiger partial charge < -0.3 is 5.73 Å². The Morgan fingerprint density at radius 2 is 1.91 bits per heavy atom. The molecule has 0 radical (unpaired) electrons. The first-order valence-electron chi connectivity index (χ1n) is 6.92. The molecule has 0 aliphatic heterocycles. The molecule has 0 aliphatic rings. The maximum Gasteiger partial charge on any atom is 0.280 e. The summed E-state index contributed by atoms with van der Waals surface area (Å²) in [7, 11) is 0. The van der Waals surface area contributed by atoms with Crippen LogP contribution in [0.5, 0.6) is 0 Å². The molecule has 5 heteroatoms. The van der Waals surface area contributed by atoms with Crippen molar-refractivity contribution in [2.24, 2.45) is 4.99 Å². The summed E-state index contributed by atoms with van der Waals surface area (Å²) in [5, 5.41) is 3.07. The second-order valence-corrected chi connectivity index (χ2v) is 4.98. The minimum atomic E-state index is -0.128. The maximum absolute atomic E-state index is 12.5. The number of aromatic amines is 1. The number of anilines is 1. The number of nitrogens with one attached hydrogen (secondary N) is 1. The van der Waals surface area contributed by atoms with E-state index in [9.17, 15) is 4.79 Å². The van der Waals surface area contributed by atoms with Gasteiger partial charge >= 0.3 is 0 Å². The van der Waals surface area contributed by atoms with Crippen LogP contribution < -0.4 is 11.3 Å². The fraction of sp³-hybridized carbons (Fsp3) is 0.0588. The summed E-state index contributed by atoms with van der Waals surface area (Å²) in [6.07, 6.45) is 1.57. The van der Waals surface area contributed by atoms with Crippen molar-refractivity contribution in [3.05, 3.63) is 76.2 Å². The van der Waals surface area contributed by atoms with Crippen molar-refractivity contribution in [3.8, 4) is 5.69 Å². The van der Waals surface area contributed by atoms with Crippen molar-refractivity contribution in [1.29, 1.82) is 0 Å².